The van der Waals surface area contributed by atoms with Crippen LogP contribution in [0.2, 0.25) is 5.02 Å². The Kier molecular flexibility index (Phi) is 7.23. The summed E-state index contributed by atoms with van der Waals surface area (Å²) in [5.74, 6) is 0.0798. The number of nitrogens with zero attached hydrogens (tertiary/aromatic N) is 1. The largest absolute Gasteiger partial charge is 0.495 e. The number of hydrogen-bond acceptors (Lipinski definition) is 5. The summed E-state index contributed by atoms with van der Waals surface area (Å²) in [6.45, 7) is 3.83. The van der Waals surface area contributed by atoms with Gasteiger partial charge in [0.15, 0.2) is 0 Å². The van der Waals surface area contributed by atoms with Gasteiger partial charge in [-0.25, -0.2) is 13.1 Å². The molecule has 0 aliphatic carbocycles. The molecule has 2 aromatic carbocycles. The molecular weight excluding hydrogens is 426 g/mol. The number of amides is 1. The standard InChI is InChI=1S/C21H26ClN3O4S/c1-3-10-23-30(27,28)20-13-15(6-8-18(20)25-11-4-5-12-25)21(26)24-16-7-9-19(29-2)17(22)14-16/h6-9,13-14,23H,3-5,10-12H2,1-2H3,(H,24,26). The Bertz CT molecular complexity index is 1020. The van der Waals surface area contributed by atoms with E-state index in [1.165, 1.54) is 13.2 Å². The second-order valence-electron chi connectivity index (χ2n) is 7.08. The van der Waals surface area contributed by atoms with Crippen LogP contribution in [0, 0.1) is 0 Å². The van der Waals surface area contributed by atoms with Gasteiger partial charge in [-0.15, -0.1) is 0 Å². The first-order valence-corrected chi connectivity index (χ1v) is 11.8. The van der Waals surface area contributed by atoms with E-state index in [4.69, 9.17) is 16.3 Å². The maximum atomic E-state index is 12.9. The highest BCUT2D eigenvalue weighted by molar-refractivity contribution is 7.89. The van der Waals surface area contributed by atoms with E-state index in [1.54, 1.807) is 30.3 Å². The number of rotatable bonds is 8. The molecule has 3 rings (SSSR count). The van der Waals surface area contributed by atoms with Gasteiger partial charge in [-0.3, -0.25) is 4.79 Å². The molecule has 0 spiro atoms. The van der Waals surface area contributed by atoms with E-state index in [9.17, 15) is 13.2 Å². The van der Waals surface area contributed by atoms with Crippen molar-refractivity contribution in [3.05, 3.63) is 47.0 Å². The smallest absolute Gasteiger partial charge is 0.255 e. The van der Waals surface area contributed by atoms with E-state index in [1.807, 2.05) is 11.8 Å². The van der Waals surface area contributed by atoms with E-state index in [2.05, 4.69) is 10.0 Å². The van der Waals surface area contributed by atoms with Crippen LogP contribution in [0.3, 0.4) is 0 Å². The van der Waals surface area contributed by atoms with Gasteiger partial charge in [0, 0.05) is 30.9 Å². The number of anilines is 2. The van der Waals surface area contributed by atoms with Crippen LogP contribution >= 0.6 is 11.6 Å². The second kappa shape index (κ2) is 9.68. The molecule has 1 aliphatic rings. The second-order valence-corrected chi connectivity index (χ2v) is 9.22. The zero-order chi connectivity index (χ0) is 21.7. The number of methoxy groups -OCH3 is 1. The molecule has 0 saturated carbocycles. The molecular formula is C21H26ClN3O4S. The van der Waals surface area contributed by atoms with E-state index in [0.29, 0.717) is 35.1 Å². The SMILES string of the molecule is CCCNS(=O)(=O)c1cc(C(=O)Nc2ccc(OC)c(Cl)c2)ccc1N1CCCC1. The first kappa shape index (κ1) is 22.4. The lowest BCUT2D eigenvalue weighted by molar-refractivity contribution is 0.102. The fourth-order valence-electron chi connectivity index (χ4n) is 3.35. The molecule has 2 N–H and O–H groups in total. The van der Waals surface area contributed by atoms with Gasteiger partial charge in [-0.2, -0.15) is 0 Å². The van der Waals surface area contributed by atoms with Gasteiger partial charge >= 0.3 is 0 Å². The number of carbonyl (C=O) groups is 1. The molecule has 1 heterocycles. The molecule has 9 heteroatoms. The highest BCUT2D eigenvalue weighted by Gasteiger charge is 2.25. The van der Waals surface area contributed by atoms with Crippen molar-refractivity contribution < 1.29 is 17.9 Å². The monoisotopic (exact) mass is 451 g/mol. The molecule has 162 valence electrons. The Morgan fingerprint density at radius 2 is 1.90 bits per heavy atom. The molecule has 0 radical (unpaired) electrons. The molecule has 30 heavy (non-hydrogen) atoms. The van der Waals surface area contributed by atoms with Gasteiger partial charge in [0.2, 0.25) is 10.0 Å². The van der Waals surface area contributed by atoms with Crippen LogP contribution in [0.15, 0.2) is 41.3 Å². The molecule has 0 bridgehead atoms. The zero-order valence-electron chi connectivity index (χ0n) is 17.1. The van der Waals surface area contributed by atoms with E-state index >= 15 is 0 Å². The lowest BCUT2D eigenvalue weighted by Crippen LogP contribution is -2.28. The first-order chi connectivity index (χ1) is 14.4. The number of carbonyl (C=O) groups excluding carboxylic acids is 1. The Morgan fingerprint density at radius 1 is 1.17 bits per heavy atom. The molecule has 0 aromatic heterocycles. The average molecular weight is 452 g/mol. The summed E-state index contributed by atoms with van der Waals surface area (Å²) in [5.41, 5.74) is 1.37. The van der Waals surface area contributed by atoms with Crippen molar-refractivity contribution in [2.45, 2.75) is 31.1 Å². The van der Waals surface area contributed by atoms with E-state index in [-0.39, 0.29) is 10.5 Å². The fraction of sp³-hybridized carbons (Fsp3) is 0.381. The van der Waals surface area contributed by atoms with E-state index < -0.39 is 15.9 Å². The van der Waals surface area contributed by atoms with Crippen LogP contribution in [0.4, 0.5) is 11.4 Å². The number of benzene rings is 2. The van der Waals surface area contributed by atoms with Gasteiger partial charge in [0.1, 0.15) is 10.6 Å². The van der Waals surface area contributed by atoms with Gasteiger partial charge in [-0.1, -0.05) is 18.5 Å². The molecule has 0 atom stereocenters. The van der Waals surface area contributed by atoms with Crippen LogP contribution in [0.5, 0.6) is 5.75 Å². The normalized spacial score (nSPS) is 14.0. The third kappa shape index (κ3) is 5.06. The van der Waals surface area contributed by atoms with Crippen molar-refractivity contribution in [1.29, 1.82) is 0 Å². The lowest BCUT2D eigenvalue weighted by atomic mass is 10.1. The summed E-state index contributed by atoms with van der Waals surface area (Å²) < 4.78 is 33.6. The quantitative estimate of drug-likeness (QED) is 0.635. The third-order valence-electron chi connectivity index (χ3n) is 4.91. The molecule has 1 saturated heterocycles. The van der Waals surface area contributed by atoms with Gasteiger partial charge in [0.25, 0.3) is 5.91 Å². The molecule has 1 aliphatic heterocycles. The molecule has 1 amide bonds. The van der Waals surface area contributed by atoms with Crippen LogP contribution in [-0.2, 0) is 10.0 Å². The summed E-state index contributed by atoms with van der Waals surface area (Å²) in [6, 6.07) is 9.69. The molecule has 7 nitrogen and oxygen atoms in total. The van der Waals surface area contributed by atoms with Crippen molar-refractivity contribution in [2.75, 3.05) is 37.0 Å². The Balaban J connectivity index is 1.92. The minimum absolute atomic E-state index is 0.123. The average Bonchev–Trinajstić information content (AvgIpc) is 3.27. The Morgan fingerprint density at radius 3 is 2.53 bits per heavy atom. The summed E-state index contributed by atoms with van der Waals surface area (Å²) in [5, 5.41) is 3.12. The predicted octanol–water partition coefficient (Wildman–Crippen LogP) is 3.89. The predicted molar refractivity (Wildman–Crippen MR) is 119 cm³/mol. The zero-order valence-corrected chi connectivity index (χ0v) is 18.6. The van der Waals surface area contributed by atoms with Crippen molar-refractivity contribution in [2.24, 2.45) is 0 Å². The van der Waals surface area contributed by atoms with Crippen LogP contribution in [-0.4, -0.2) is 41.1 Å². The Hall–Kier alpha value is -2.29. The minimum atomic E-state index is -3.74. The maximum absolute atomic E-state index is 12.9. The number of halogens is 1. The maximum Gasteiger partial charge on any atom is 0.255 e. The summed E-state index contributed by atoms with van der Waals surface area (Å²) >= 11 is 6.12. The fourth-order valence-corrected chi connectivity index (χ4v) is 4.99. The number of hydrogen-bond donors (Lipinski definition) is 2. The minimum Gasteiger partial charge on any atom is -0.495 e. The van der Waals surface area contributed by atoms with Crippen LogP contribution in [0.1, 0.15) is 36.5 Å². The number of nitrogens with one attached hydrogen (secondary N) is 2. The molecule has 1 fully saturated rings. The van der Waals surface area contributed by atoms with Crippen molar-refractivity contribution in [1.82, 2.24) is 4.72 Å². The third-order valence-corrected chi connectivity index (χ3v) is 6.70. The van der Waals surface area contributed by atoms with Crippen molar-refractivity contribution in [3.8, 4) is 5.75 Å². The summed E-state index contributed by atoms with van der Waals surface area (Å²) in [4.78, 5) is 15.0. The van der Waals surface area contributed by atoms with Gasteiger partial charge in [-0.05, 0) is 55.7 Å². The number of ether oxygens (including phenoxy) is 1. The van der Waals surface area contributed by atoms with E-state index in [0.717, 1.165) is 25.9 Å². The van der Waals surface area contributed by atoms with Gasteiger partial charge in [0.05, 0.1) is 17.8 Å². The highest BCUT2D eigenvalue weighted by atomic mass is 35.5. The van der Waals surface area contributed by atoms with Crippen LogP contribution in [0.25, 0.3) is 0 Å². The number of sulfonamides is 1. The topological polar surface area (TPSA) is 87.7 Å². The van der Waals surface area contributed by atoms with Gasteiger partial charge < -0.3 is 15.0 Å². The van der Waals surface area contributed by atoms with Crippen molar-refractivity contribution in [3.63, 3.8) is 0 Å². The molecule has 2 aromatic rings. The lowest BCUT2D eigenvalue weighted by Gasteiger charge is -2.22. The highest BCUT2D eigenvalue weighted by Crippen LogP contribution is 2.30. The summed E-state index contributed by atoms with van der Waals surface area (Å²) in [7, 11) is -2.23. The first-order valence-electron chi connectivity index (χ1n) is 9.89. The van der Waals surface area contributed by atoms with Crippen molar-refractivity contribution >= 4 is 38.9 Å². The van der Waals surface area contributed by atoms with Crippen LogP contribution < -0.4 is 19.7 Å². The Labute approximate surface area is 182 Å². The molecule has 0 unspecified atom stereocenters. The summed E-state index contributed by atoms with van der Waals surface area (Å²) in [6.07, 6.45) is 2.71.